The number of benzene rings is 2. The van der Waals surface area contributed by atoms with Gasteiger partial charge >= 0.3 is 6.18 Å². The summed E-state index contributed by atoms with van der Waals surface area (Å²) in [5.41, 5.74) is 0.587. The maximum Gasteiger partial charge on any atom is 0.416 e. The van der Waals surface area contributed by atoms with Crippen LogP contribution in [0.1, 0.15) is 31.8 Å². The number of aryl methyl sites for hydroxylation is 1. The van der Waals surface area contributed by atoms with E-state index in [1.807, 2.05) is 6.92 Å². The lowest BCUT2D eigenvalue weighted by Crippen LogP contribution is -2.28. The van der Waals surface area contributed by atoms with Crippen LogP contribution >= 0.6 is 0 Å². The maximum atomic E-state index is 12.9. The molecular formula is C23H20F3N3O3. The molecule has 0 spiro atoms. The smallest absolute Gasteiger partial charge is 0.416 e. The van der Waals surface area contributed by atoms with Gasteiger partial charge in [-0.2, -0.15) is 13.2 Å². The number of nitrogens with zero attached hydrogens (tertiary/aromatic N) is 1. The molecule has 0 unspecified atom stereocenters. The normalized spacial score (nSPS) is 11.0. The van der Waals surface area contributed by atoms with E-state index < -0.39 is 17.6 Å². The molecule has 3 aromatic rings. The van der Waals surface area contributed by atoms with E-state index in [2.05, 4.69) is 15.6 Å². The van der Waals surface area contributed by atoms with Gasteiger partial charge in [-0.25, -0.2) is 0 Å². The van der Waals surface area contributed by atoms with Crippen LogP contribution in [0.25, 0.3) is 0 Å². The molecule has 32 heavy (non-hydrogen) atoms. The van der Waals surface area contributed by atoms with Crippen LogP contribution in [0, 0.1) is 6.92 Å². The van der Waals surface area contributed by atoms with E-state index >= 15 is 0 Å². The lowest BCUT2D eigenvalue weighted by molar-refractivity contribution is -0.137. The van der Waals surface area contributed by atoms with E-state index in [-0.39, 0.29) is 24.6 Å². The number of anilines is 1. The molecule has 166 valence electrons. The molecule has 0 aliphatic carbocycles. The minimum atomic E-state index is -4.53. The summed E-state index contributed by atoms with van der Waals surface area (Å²) in [5, 5.41) is 5.28. The maximum absolute atomic E-state index is 12.9. The molecule has 9 heteroatoms. The molecule has 3 rings (SSSR count). The quantitative estimate of drug-likeness (QED) is 0.528. The van der Waals surface area contributed by atoms with Crippen LogP contribution in [0.4, 0.5) is 18.9 Å². The van der Waals surface area contributed by atoms with Crippen molar-refractivity contribution < 1.29 is 27.5 Å². The SMILES string of the molecule is Cc1ccc(NC(=O)c2cccc(C(F)(F)F)c2)cc1OCCNC(=O)c1cccnc1. The third-order valence-electron chi connectivity index (χ3n) is 4.47. The Morgan fingerprint density at radius 2 is 1.78 bits per heavy atom. The first-order chi connectivity index (χ1) is 15.2. The van der Waals surface area contributed by atoms with Crippen LogP contribution in [-0.4, -0.2) is 29.9 Å². The monoisotopic (exact) mass is 443 g/mol. The third-order valence-corrected chi connectivity index (χ3v) is 4.47. The number of carbonyl (C=O) groups excluding carboxylic acids is 2. The number of carbonyl (C=O) groups is 2. The zero-order valence-electron chi connectivity index (χ0n) is 17.1. The average Bonchev–Trinajstić information content (AvgIpc) is 2.78. The Hall–Kier alpha value is -3.88. The molecule has 0 saturated carbocycles. The van der Waals surface area contributed by atoms with Crippen molar-refractivity contribution in [3.8, 4) is 5.75 Å². The molecular weight excluding hydrogens is 423 g/mol. The summed E-state index contributed by atoms with van der Waals surface area (Å²) < 4.78 is 44.3. The highest BCUT2D eigenvalue weighted by atomic mass is 19.4. The zero-order chi connectivity index (χ0) is 23.1. The molecule has 0 aliphatic rings. The summed E-state index contributed by atoms with van der Waals surface area (Å²) in [6, 6.07) is 12.4. The summed E-state index contributed by atoms with van der Waals surface area (Å²) in [7, 11) is 0. The number of nitrogens with one attached hydrogen (secondary N) is 2. The van der Waals surface area contributed by atoms with Crippen molar-refractivity contribution in [2.45, 2.75) is 13.1 Å². The largest absolute Gasteiger partial charge is 0.491 e. The number of alkyl halides is 3. The topological polar surface area (TPSA) is 80.3 Å². The number of hydrogen-bond donors (Lipinski definition) is 2. The number of halogens is 3. The second kappa shape index (κ2) is 9.95. The lowest BCUT2D eigenvalue weighted by Gasteiger charge is -2.13. The van der Waals surface area contributed by atoms with Gasteiger partial charge in [0.05, 0.1) is 17.7 Å². The Morgan fingerprint density at radius 3 is 2.50 bits per heavy atom. The molecule has 6 nitrogen and oxygen atoms in total. The predicted molar refractivity (Wildman–Crippen MR) is 113 cm³/mol. The first-order valence-electron chi connectivity index (χ1n) is 9.64. The highest BCUT2D eigenvalue weighted by molar-refractivity contribution is 6.04. The standard InChI is InChI=1S/C23H20F3N3O3/c1-15-7-8-19(29-22(31)16-4-2-6-18(12-16)23(24,25)26)13-20(15)32-11-10-28-21(30)17-5-3-9-27-14-17/h2-9,12-14H,10-11H2,1H3,(H,28,30)(H,29,31). The van der Waals surface area contributed by atoms with Gasteiger partial charge in [-0.3, -0.25) is 14.6 Å². The second-order valence-corrected chi connectivity index (χ2v) is 6.86. The van der Waals surface area contributed by atoms with Gasteiger partial charge in [-0.1, -0.05) is 12.1 Å². The molecule has 2 aromatic carbocycles. The van der Waals surface area contributed by atoms with Gasteiger partial charge in [-0.15, -0.1) is 0 Å². The van der Waals surface area contributed by atoms with Gasteiger partial charge in [0.1, 0.15) is 12.4 Å². The summed E-state index contributed by atoms with van der Waals surface area (Å²) in [6.07, 6.45) is -1.51. The van der Waals surface area contributed by atoms with Crippen molar-refractivity contribution in [3.63, 3.8) is 0 Å². The Bertz CT molecular complexity index is 1100. The van der Waals surface area contributed by atoms with Gasteiger partial charge in [0.2, 0.25) is 0 Å². The van der Waals surface area contributed by atoms with Gasteiger partial charge in [-0.05, 0) is 48.9 Å². The molecule has 0 saturated heterocycles. The van der Waals surface area contributed by atoms with E-state index in [0.717, 1.165) is 17.7 Å². The van der Waals surface area contributed by atoms with Gasteiger partial charge in [0, 0.05) is 29.7 Å². The molecule has 1 aromatic heterocycles. The Labute approximate surface area is 182 Å². The average molecular weight is 443 g/mol. The van der Waals surface area contributed by atoms with Crippen LogP contribution in [0.3, 0.4) is 0 Å². The van der Waals surface area contributed by atoms with Crippen LogP contribution in [0.15, 0.2) is 67.0 Å². The summed E-state index contributed by atoms with van der Waals surface area (Å²) >= 11 is 0. The Balaban J connectivity index is 1.58. The number of pyridine rings is 1. The van der Waals surface area contributed by atoms with Crippen molar-refractivity contribution in [2.24, 2.45) is 0 Å². The van der Waals surface area contributed by atoms with Crippen LogP contribution in [-0.2, 0) is 6.18 Å². The number of ether oxygens (including phenoxy) is 1. The van der Waals surface area contributed by atoms with Crippen molar-refractivity contribution >= 4 is 17.5 Å². The van der Waals surface area contributed by atoms with Gasteiger partial charge in [0.25, 0.3) is 11.8 Å². The summed E-state index contributed by atoms with van der Waals surface area (Å²) in [5.74, 6) is -0.474. The van der Waals surface area contributed by atoms with Crippen molar-refractivity contribution in [2.75, 3.05) is 18.5 Å². The number of hydrogen-bond acceptors (Lipinski definition) is 4. The molecule has 0 fully saturated rings. The first-order valence-corrected chi connectivity index (χ1v) is 9.64. The van der Waals surface area contributed by atoms with Crippen molar-refractivity contribution in [1.29, 1.82) is 0 Å². The second-order valence-electron chi connectivity index (χ2n) is 6.86. The van der Waals surface area contributed by atoms with Crippen LogP contribution in [0.2, 0.25) is 0 Å². The van der Waals surface area contributed by atoms with E-state index in [1.165, 1.54) is 18.3 Å². The van der Waals surface area contributed by atoms with Crippen molar-refractivity contribution in [3.05, 3.63) is 89.2 Å². The number of aromatic nitrogens is 1. The molecule has 0 aliphatic heterocycles. The molecule has 0 radical (unpaired) electrons. The highest BCUT2D eigenvalue weighted by Crippen LogP contribution is 2.30. The highest BCUT2D eigenvalue weighted by Gasteiger charge is 2.30. The predicted octanol–water partition coefficient (Wildman–Crippen LogP) is 4.47. The van der Waals surface area contributed by atoms with Crippen LogP contribution in [0.5, 0.6) is 5.75 Å². The van der Waals surface area contributed by atoms with Crippen LogP contribution < -0.4 is 15.4 Å². The van der Waals surface area contributed by atoms with E-state index in [0.29, 0.717) is 17.0 Å². The summed E-state index contributed by atoms with van der Waals surface area (Å²) in [4.78, 5) is 28.3. The van der Waals surface area contributed by atoms with Crippen molar-refractivity contribution in [1.82, 2.24) is 10.3 Å². The molecule has 2 amide bonds. The zero-order valence-corrected chi connectivity index (χ0v) is 17.1. The fourth-order valence-electron chi connectivity index (χ4n) is 2.80. The summed E-state index contributed by atoms with van der Waals surface area (Å²) in [6.45, 7) is 2.23. The molecule has 1 heterocycles. The van der Waals surface area contributed by atoms with Gasteiger partial charge < -0.3 is 15.4 Å². The Morgan fingerprint density at radius 1 is 1.00 bits per heavy atom. The fraction of sp³-hybridized carbons (Fsp3) is 0.174. The number of amides is 2. The molecule has 0 atom stereocenters. The fourth-order valence-corrected chi connectivity index (χ4v) is 2.80. The minimum Gasteiger partial charge on any atom is -0.491 e. The number of rotatable bonds is 7. The Kier molecular flexibility index (Phi) is 7.09. The third kappa shape index (κ3) is 6.07. The molecule has 0 bridgehead atoms. The first kappa shape index (κ1) is 22.8. The minimum absolute atomic E-state index is 0.110. The van der Waals surface area contributed by atoms with E-state index in [1.54, 1.807) is 36.5 Å². The van der Waals surface area contributed by atoms with Gasteiger partial charge in [0.15, 0.2) is 0 Å². The molecule has 2 N–H and O–H groups in total. The van der Waals surface area contributed by atoms with E-state index in [4.69, 9.17) is 4.74 Å². The van der Waals surface area contributed by atoms with E-state index in [9.17, 15) is 22.8 Å². The lowest BCUT2D eigenvalue weighted by atomic mass is 10.1.